The first-order chi connectivity index (χ1) is 10.4. The molecule has 1 N–H and O–H groups in total. The lowest BCUT2D eigenvalue weighted by Gasteiger charge is -2.17. The lowest BCUT2D eigenvalue weighted by atomic mass is 10.1. The molecule has 22 heavy (non-hydrogen) atoms. The van der Waals surface area contributed by atoms with Crippen molar-refractivity contribution in [1.29, 1.82) is 0 Å². The Morgan fingerprint density at radius 2 is 1.55 bits per heavy atom. The van der Waals surface area contributed by atoms with E-state index in [1.54, 1.807) is 19.2 Å². The largest absolute Gasteiger partial charge is 0.315 e. The Bertz CT molecular complexity index is 741. The average molecular weight is 318 g/mol. The van der Waals surface area contributed by atoms with Crippen LogP contribution in [0.25, 0.3) is 11.1 Å². The predicted molar refractivity (Wildman–Crippen MR) is 88.1 cm³/mol. The highest BCUT2D eigenvalue weighted by Crippen LogP contribution is 2.22. The summed E-state index contributed by atoms with van der Waals surface area (Å²) in [4.78, 5) is 13.3. The molecule has 0 aliphatic rings. The van der Waals surface area contributed by atoms with Gasteiger partial charge in [-0.05, 0) is 30.3 Å². The van der Waals surface area contributed by atoms with Crippen LogP contribution in [0, 0.1) is 0 Å². The number of rotatable bonds is 5. The fraction of sp³-hybridized carbons (Fsp3) is 0.188. The molecule has 0 saturated carbocycles. The number of benzene rings is 2. The van der Waals surface area contributed by atoms with Crippen LogP contribution < -0.4 is 9.62 Å². The Hall–Kier alpha value is -2.18. The first-order valence-electron chi connectivity index (χ1n) is 6.76. The molecule has 0 saturated heterocycles. The molecular weight excluding hydrogens is 300 g/mol. The highest BCUT2D eigenvalue weighted by atomic mass is 32.2. The first-order valence-corrected chi connectivity index (χ1v) is 8.41. The summed E-state index contributed by atoms with van der Waals surface area (Å²) in [5.74, 6) is -1.05. The summed E-state index contributed by atoms with van der Waals surface area (Å²) in [7, 11) is -0.715. The summed E-state index contributed by atoms with van der Waals surface area (Å²) in [6, 6.07) is 17.3. The van der Waals surface area contributed by atoms with Gasteiger partial charge in [-0.2, -0.15) is 0 Å². The molecule has 0 fully saturated rings. The fourth-order valence-corrected chi connectivity index (χ4v) is 2.65. The summed E-state index contributed by atoms with van der Waals surface area (Å²) in [5, 5.41) is 0. The molecule has 0 atom stereocenters. The van der Waals surface area contributed by atoms with Crippen LogP contribution in [-0.4, -0.2) is 34.2 Å². The van der Waals surface area contributed by atoms with Gasteiger partial charge in [-0.3, -0.25) is 4.79 Å². The maximum atomic E-state index is 12.0. The summed E-state index contributed by atoms with van der Waals surface area (Å²) >= 11 is 0. The van der Waals surface area contributed by atoms with Crippen molar-refractivity contribution < 1.29 is 13.2 Å². The number of nitrogens with one attached hydrogen (secondary N) is 1. The van der Waals surface area contributed by atoms with Crippen LogP contribution in [-0.2, 0) is 14.8 Å². The lowest BCUT2D eigenvalue weighted by Crippen LogP contribution is -2.36. The third-order valence-corrected chi connectivity index (χ3v) is 4.61. The SMILES string of the molecule is CNS(=O)(=O)CC(=O)N(C)c1ccc(-c2ccccc2)cc1. The second kappa shape index (κ2) is 6.72. The summed E-state index contributed by atoms with van der Waals surface area (Å²) in [5.41, 5.74) is 2.77. The molecule has 6 heteroatoms. The van der Waals surface area contributed by atoms with Crippen molar-refractivity contribution in [2.75, 3.05) is 24.7 Å². The van der Waals surface area contributed by atoms with Crippen LogP contribution in [0.3, 0.4) is 0 Å². The van der Waals surface area contributed by atoms with Gasteiger partial charge in [0.2, 0.25) is 15.9 Å². The molecule has 0 heterocycles. The maximum Gasteiger partial charge on any atom is 0.243 e. The summed E-state index contributed by atoms with van der Waals surface area (Å²) in [6.07, 6.45) is 0. The highest BCUT2D eigenvalue weighted by molar-refractivity contribution is 7.90. The van der Waals surface area contributed by atoms with Crippen LogP contribution in [0.4, 0.5) is 5.69 Å². The first kappa shape index (κ1) is 16.2. The van der Waals surface area contributed by atoms with Crippen molar-refractivity contribution >= 4 is 21.6 Å². The molecule has 0 aliphatic carbocycles. The van der Waals surface area contributed by atoms with Gasteiger partial charge in [0.15, 0.2) is 0 Å². The molecule has 116 valence electrons. The van der Waals surface area contributed by atoms with Gasteiger partial charge < -0.3 is 4.90 Å². The zero-order chi connectivity index (χ0) is 16.2. The minimum Gasteiger partial charge on any atom is -0.315 e. The second-order valence-electron chi connectivity index (χ2n) is 4.83. The van der Waals surface area contributed by atoms with Gasteiger partial charge >= 0.3 is 0 Å². The molecule has 0 aromatic heterocycles. The molecule has 5 nitrogen and oxygen atoms in total. The van der Waals surface area contributed by atoms with Gasteiger partial charge in [0.25, 0.3) is 0 Å². The van der Waals surface area contributed by atoms with Gasteiger partial charge in [0.05, 0.1) is 0 Å². The zero-order valence-electron chi connectivity index (χ0n) is 12.5. The van der Waals surface area contributed by atoms with Crippen LogP contribution in [0.15, 0.2) is 54.6 Å². The molecule has 0 bridgehead atoms. The number of amides is 1. The van der Waals surface area contributed by atoms with E-state index in [0.717, 1.165) is 11.1 Å². The Balaban J connectivity index is 2.15. The van der Waals surface area contributed by atoms with Crippen LogP contribution in [0.5, 0.6) is 0 Å². The van der Waals surface area contributed by atoms with Crippen molar-refractivity contribution in [1.82, 2.24) is 4.72 Å². The van der Waals surface area contributed by atoms with E-state index in [2.05, 4.69) is 4.72 Å². The van der Waals surface area contributed by atoms with Gasteiger partial charge in [0, 0.05) is 12.7 Å². The van der Waals surface area contributed by atoms with E-state index in [-0.39, 0.29) is 0 Å². The normalized spacial score (nSPS) is 11.2. The Kier molecular flexibility index (Phi) is 4.95. The van der Waals surface area contributed by atoms with E-state index in [4.69, 9.17) is 0 Å². The van der Waals surface area contributed by atoms with E-state index in [0.29, 0.717) is 5.69 Å². The summed E-state index contributed by atoms with van der Waals surface area (Å²) in [6.45, 7) is 0. The minimum atomic E-state index is -3.56. The van der Waals surface area contributed by atoms with Crippen LogP contribution >= 0.6 is 0 Å². The third kappa shape index (κ3) is 3.93. The van der Waals surface area contributed by atoms with Crippen LogP contribution in [0.1, 0.15) is 0 Å². The zero-order valence-corrected chi connectivity index (χ0v) is 13.3. The highest BCUT2D eigenvalue weighted by Gasteiger charge is 2.18. The van der Waals surface area contributed by atoms with Gasteiger partial charge in [0.1, 0.15) is 5.75 Å². The molecule has 0 radical (unpaired) electrons. The van der Waals surface area contributed by atoms with E-state index in [9.17, 15) is 13.2 Å². The van der Waals surface area contributed by atoms with Crippen molar-refractivity contribution in [3.8, 4) is 11.1 Å². The average Bonchev–Trinajstić information content (AvgIpc) is 2.55. The number of carbonyl (C=O) groups excluding carboxylic acids is 1. The molecule has 2 aromatic rings. The van der Waals surface area contributed by atoms with Gasteiger partial charge in [-0.1, -0.05) is 42.5 Å². The standard InChI is InChI=1S/C16H18N2O3S/c1-17-22(20,21)12-16(19)18(2)15-10-8-14(9-11-15)13-6-4-3-5-7-13/h3-11,17H,12H2,1-2H3. The molecule has 2 aromatic carbocycles. The minimum absolute atomic E-state index is 0.484. The van der Waals surface area contributed by atoms with E-state index < -0.39 is 21.7 Å². The number of sulfonamides is 1. The number of hydrogen-bond acceptors (Lipinski definition) is 3. The van der Waals surface area contributed by atoms with Gasteiger partial charge in [-0.15, -0.1) is 0 Å². The molecule has 0 spiro atoms. The molecular formula is C16H18N2O3S. The van der Waals surface area contributed by atoms with Crippen molar-refractivity contribution in [2.45, 2.75) is 0 Å². The molecule has 2 rings (SSSR count). The Morgan fingerprint density at radius 3 is 2.09 bits per heavy atom. The number of nitrogens with zero attached hydrogens (tertiary/aromatic N) is 1. The van der Waals surface area contributed by atoms with Crippen molar-refractivity contribution in [3.05, 3.63) is 54.6 Å². The lowest BCUT2D eigenvalue weighted by molar-refractivity contribution is -0.115. The second-order valence-corrected chi connectivity index (χ2v) is 6.76. The van der Waals surface area contributed by atoms with E-state index in [1.807, 2.05) is 42.5 Å². The smallest absolute Gasteiger partial charge is 0.243 e. The summed E-state index contributed by atoms with van der Waals surface area (Å²) < 4.78 is 25.0. The number of carbonyl (C=O) groups is 1. The molecule has 0 unspecified atom stereocenters. The van der Waals surface area contributed by atoms with Crippen molar-refractivity contribution in [2.24, 2.45) is 0 Å². The Morgan fingerprint density at radius 1 is 1.00 bits per heavy atom. The molecule has 1 amide bonds. The quantitative estimate of drug-likeness (QED) is 0.915. The number of hydrogen-bond donors (Lipinski definition) is 1. The third-order valence-electron chi connectivity index (χ3n) is 3.36. The van der Waals surface area contributed by atoms with Crippen LogP contribution in [0.2, 0.25) is 0 Å². The monoisotopic (exact) mass is 318 g/mol. The number of anilines is 1. The van der Waals surface area contributed by atoms with E-state index in [1.165, 1.54) is 11.9 Å². The predicted octanol–water partition coefficient (Wildman–Crippen LogP) is 1.87. The van der Waals surface area contributed by atoms with Crippen molar-refractivity contribution in [3.63, 3.8) is 0 Å². The fourth-order valence-electron chi connectivity index (χ4n) is 1.98. The van der Waals surface area contributed by atoms with Gasteiger partial charge in [-0.25, -0.2) is 13.1 Å². The Labute approximate surface area is 130 Å². The molecule has 0 aliphatic heterocycles. The topological polar surface area (TPSA) is 66.5 Å². The maximum absolute atomic E-state index is 12.0. The van der Waals surface area contributed by atoms with E-state index >= 15 is 0 Å².